The smallest absolute Gasteiger partial charge is 0.0159 e. The Hall–Kier alpha value is -5.20. The van der Waals surface area contributed by atoms with Crippen molar-refractivity contribution in [2.45, 2.75) is 38.5 Å². The van der Waals surface area contributed by atoms with Crippen molar-refractivity contribution < 1.29 is 0 Å². The monoisotopic (exact) mass is 588 g/mol. The van der Waals surface area contributed by atoms with E-state index in [-0.39, 0.29) is 10.8 Å². The van der Waals surface area contributed by atoms with Crippen LogP contribution >= 0.6 is 0 Å². The van der Waals surface area contributed by atoms with Gasteiger partial charge in [-0.3, -0.25) is 0 Å². The van der Waals surface area contributed by atoms with E-state index >= 15 is 0 Å². The average Bonchev–Trinajstić information content (AvgIpc) is 3.46. The van der Waals surface area contributed by atoms with E-state index in [1.807, 2.05) is 0 Å². The second-order valence-corrected chi connectivity index (χ2v) is 14.2. The number of fused-ring (bicyclic) bond motifs is 7. The summed E-state index contributed by atoms with van der Waals surface area (Å²) >= 11 is 0. The number of benzene rings is 7. The minimum atomic E-state index is -0.0893. The lowest BCUT2D eigenvalue weighted by Crippen LogP contribution is -2.15. The Balaban J connectivity index is 1.04. The molecule has 0 bridgehead atoms. The summed E-state index contributed by atoms with van der Waals surface area (Å²) < 4.78 is 0. The zero-order chi connectivity index (χ0) is 31.2. The normalized spacial score (nSPS) is 14.9. The summed E-state index contributed by atoms with van der Waals surface area (Å²) in [6.07, 6.45) is 0. The van der Waals surface area contributed by atoms with Gasteiger partial charge < -0.3 is 0 Å². The van der Waals surface area contributed by atoms with Gasteiger partial charge in [-0.2, -0.15) is 0 Å². The molecule has 2 aliphatic carbocycles. The topological polar surface area (TPSA) is 0 Å². The zero-order valence-corrected chi connectivity index (χ0v) is 26.9. The Kier molecular flexibility index (Phi) is 5.69. The largest absolute Gasteiger partial charge is 0.0619 e. The molecular formula is C46H36. The molecule has 0 unspecified atom stereocenters. The predicted octanol–water partition coefficient (Wildman–Crippen LogP) is 12.5. The third kappa shape index (κ3) is 3.93. The molecule has 0 atom stereocenters. The van der Waals surface area contributed by atoms with E-state index in [0.29, 0.717) is 0 Å². The molecule has 0 amide bonds. The molecule has 0 spiro atoms. The molecule has 0 radical (unpaired) electrons. The molecule has 0 aliphatic heterocycles. The van der Waals surface area contributed by atoms with E-state index in [4.69, 9.17) is 0 Å². The molecule has 0 saturated heterocycles. The van der Waals surface area contributed by atoms with Crippen LogP contribution in [0.2, 0.25) is 0 Å². The molecule has 0 fully saturated rings. The fourth-order valence-corrected chi connectivity index (χ4v) is 8.20. The van der Waals surface area contributed by atoms with Crippen molar-refractivity contribution in [3.8, 4) is 55.6 Å². The van der Waals surface area contributed by atoms with Crippen molar-refractivity contribution in [1.29, 1.82) is 0 Å². The first kappa shape index (κ1) is 27.1. The van der Waals surface area contributed by atoms with Crippen LogP contribution in [0.1, 0.15) is 49.9 Å². The summed E-state index contributed by atoms with van der Waals surface area (Å²) in [6, 6.07) is 54.5. The van der Waals surface area contributed by atoms with Crippen molar-refractivity contribution in [2.75, 3.05) is 0 Å². The fraction of sp³-hybridized carbons (Fsp3) is 0.130. The summed E-state index contributed by atoms with van der Waals surface area (Å²) in [4.78, 5) is 0. The van der Waals surface area contributed by atoms with Crippen LogP contribution in [-0.2, 0) is 10.8 Å². The van der Waals surface area contributed by atoms with Crippen LogP contribution in [0.4, 0.5) is 0 Å². The lowest BCUT2D eigenvalue weighted by Gasteiger charge is -2.23. The molecule has 0 nitrogen and oxygen atoms in total. The SMILES string of the molecule is CC1(C)c2ccccc2-c2ccc(-c3ccc4c(c3)C(C)(C)c3cc(-c5ccc(-c6ccc7ccccc7c6)cc5)ccc3-4)cc21. The fourth-order valence-electron chi connectivity index (χ4n) is 8.20. The van der Waals surface area contributed by atoms with E-state index in [1.54, 1.807) is 0 Å². The summed E-state index contributed by atoms with van der Waals surface area (Å²) in [6.45, 7) is 9.49. The van der Waals surface area contributed by atoms with Gasteiger partial charge >= 0.3 is 0 Å². The highest BCUT2D eigenvalue weighted by Crippen LogP contribution is 2.52. The molecule has 0 heteroatoms. The van der Waals surface area contributed by atoms with Gasteiger partial charge in [0.05, 0.1) is 0 Å². The number of hydrogen-bond acceptors (Lipinski definition) is 0. The van der Waals surface area contributed by atoms with Crippen molar-refractivity contribution in [2.24, 2.45) is 0 Å². The molecule has 0 heterocycles. The van der Waals surface area contributed by atoms with Crippen LogP contribution in [0.15, 0.2) is 146 Å². The molecule has 0 aromatic heterocycles. The van der Waals surface area contributed by atoms with Crippen LogP contribution in [0.25, 0.3) is 66.4 Å². The second-order valence-electron chi connectivity index (χ2n) is 14.2. The minimum absolute atomic E-state index is 0.00174. The van der Waals surface area contributed by atoms with Crippen molar-refractivity contribution in [3.63, 3.8) is 0 Å². The maximum Gasteiger partial charge on any atom is 0.0159 e. The van der Waals surface area contributed by atoms with Gasteiger partial charge in [0.15, 0.2) is 0 Å². The predicted molar refractivity (Wildman–Crippen MR) is 195 cm³/mol. The van der Waals surface area contributed by atoms with E-state index in [2.05, 4.69) is 173 Å². The van der Waals surface area contributed by atoms with Crippen molar-refractivity contribution >= 4 is 10.8 Å². The van der Waals surface area contributed by atoms with Crippen LogP contribution in [0, 0.1) is 0 Å². The minimum Gasteiger partial charge on any atom is -0.0619 e. The third-order valence-electron chi connectivity index (χ3n) is 10.9. The van der Waals surface area contributed by atoms with Crippen molar-refractivity contribution in [3.05, 3.63) is 168 Å². The first-order valence-corrected chi connectivity index (χ1v) is 16.4. The zero-order valence-electron chi connectivity index (χ0n) is 26.9. The van der Waals surface area contributed by atoms with Gasteiger partial charge in [-0.1, -0.05) is 149 Å². The van der Waals surface area contributed by atoms with Gasteiger partial charge in [0.25, 0.3) is 0 Å². The Morgan fingerprint density at radius 2 is 0.652 bits per heavy atom. The highest BCUT2D eigenvalue weighted by molar-refractivity contribution is 5.89. The molecule has 7 aromatic rings. The first-order valence-electron chi connectivity index (χ1n) is 16.4. The molecule has 2 aliphatic rings. The molecular weight excluding hydrogens is 553 g/mol. The highest BCUT2D eigenvalue weighted by Gasteiger charge is 2.37. The van der Waals surface area contributed by atoms with Crippen molar-refractivity contribution in [1.82, 2.24) is 0 Å². The van der Waals surface area contributed by atoms with Gasteiger partial charge in [-0.05, 0) is 113 Å². The lowest BCUT2D eigenvalue weighted by molar-refractivity contribution is 0.659. The van der Waals surface area contributed by atoms with Gasteiger partial charge in [-0.15, -0.1) is 0 Å². The average molecular weight is 589 g/mol. The Labute approximate surface area is 272 Å². The van der Waals surface area contributed by atoms with Crippen LogP contribution in [-0.4, -0.2) is 0 Å². The molecule has 9 rings (SSSR count). The van der Waals surface area contributed by atoms with Crippen LogP contribution in [0.3, 0.4) is 0 Å². The second kappa shape index (κ2) is 9.65. The summed E-state index contributed by atoms with van der Waals surface area (Å²) in [5, 5.41) is 2.55. The van der Waals surface area contributed by atoms with Gasteiger partial charge in [0.1, 0.15) is 0 Å². The van der Waals surface area contributed by atoms with Crippen LogP contribution in [0.5, 0.6) is 0 Å². The molecule has 7 aromatic carbocycles. The first-order chi connectivity index (χ1) is 22.3. The molecule has 46 heavy (non-hydrogen) atoms. The maximum absolute atomic E-state index is 2.45. The summed E-state index contributed by atoms with van der Waals surface area (Å²) in [7, 11) is 0. The van der Waals surface area contributed by atoms with E-state index in [9.17, 15) is 0 Å². The Morgan fingerprint density at radius 3 is 1.22 bits per heavy atom. The van der Waals surface area contributed by atoms with Gasteiger partial charge in [0, 0.05) is 10.8 Å². The summed E-state index contributed by atoms with van der Waals surface area (Å²) in [5.74, 6) is 0. The summed E-state index contributed by atoms with van der Waals surface area (Å²) in [5.41, 5.74) is 18.6. The van der Waals surface area contributed by atoms with E-state index < -0.39 is 0 Å². The quantitative estimate of drug-likeness (QED) is 0.193. The highest BCUT2D eigenvalue weighted by atomic mass is 14.4. The van der Waals surface area contributed by atoms with E-state index in [1.165, 1.54) is 88.7 Å². The molecule has 0 N–H and O–H groups in total. The van der Waals surface area contributed by atoms with Gasteiger partial charge in [-0.25, -0.2) is 0 Å². The van der Waals surface area contributed by atoms with E-state index in [0.717, 1.165) is 0 Å². The van der Waals surface area contributed by atoms with Gasteiger partial charge in [0.2, 0.25) is 0 Å². The maximum atomic E-state index is 2.45. The standard InChI is InChI=1S/C46H36/c1-45(2)41-12-8-7-11-37(41)38-23-20-35(27-42(38)45)36-21-24-40-39-22-19-34(26-43(39)46(3,4)44(40)28-36)31-15-13-30(14-16-31)33-18-17-29-9-5-6-10-32(29)25-33/h5-28H,1-4H3. The number of rotatable bonds is 3. The molecule has 0 saturated carbocycles. The van der Waals surface area contributed by atoms with Crippen LogP contribution < -0.4 is 0 Å². The Bertz CT molecular complexity index is 2350. The number of hydrogen-bond donors (Lipinski definition) is 0. The Morgan fingerprint density at radius 1 is 0.283 bits per heavy atom. The lowest BCUT2D eigenvalue weighted by atomic mass is 9.80. The third-order valence-corrected chi connectivity index (χ3v) is 10.9. The molecule has 220 valence electrons.